The first-order valence-corrected chi connectivity index (χ1v) is 12.4. The summed E-state index contributed by atoms with van der Waals surface area (Å²) in [5.74, 6) is 0.322. The standard InChI is InChI=1S/C27H34N4O4/c1-19-11-13-31(14-12-19)27(34)20-7-9-22(10-8-20)30-25(32)18-28-23-5-2-4-21(16-23)26(33)29-17-24-6-3-15-35-24/h2,4-5,7-10,16,19,24,28H,3,6,11-15,17-18H2,1H3,(H,29,33)(H,30,32). The van der Waals surface area contributed by atoms with Crippen LogP contribution in [-0.4, -0.2) is 61.5 Å². The van der Waals surface area contributed by atoms with E-state index in [2.05, 4.69) is 22.9 Å². The van der Waals surface area contributed by atoms with Gasteiger partial charge in [-0.2, -0.15) is 0 Å². The van der Waals surface area contributed by atoms with Crippen molar-refractivity contribution in [2.75, 3.05) is 43.4 Å². The molecule has 4 rings (SSSR count). The topological polar surface area (TPSA) is 99.8 Å². The van der Waals surface area contributed by atoms with Gasteiger partial charge in [-0.05, 0) is 74.1 Å². The molecular weight excluding hydrogens is 444 g/mol. The van der Waals surface area contributed by atoms with Crippen LogP contribution in [0.1, 0.15) is 53.3 Å². The van der Waals surface area contributed by atoms with Crippen molar-refractivity contribution in [3.8, 4) is 0 Å². The molecule has 0 bridgehead atoms. The number of anilines is 2. The van der Waals surface area contributed by atoms with Gasteiger partial charge in [0.15, 0.2) is 0 Å². The van der Waals surface area contributed by atoms with Crippen molar-refractivity contribution in [1.82, 2.24) is 10.2 Å². The van der Waals surface area contributed by atoms with Gasteiger partial charge in [0.2, 0.25) is 5.91 Å². The molecule has 186 valence electrons. The van der Waals surface area contributed by atoms with E-state index >= 15 is 0 Å². The number of carbonyl (C=O) groups excluding carboxylic acids is 3. The number of hydrogen-bond donors (Lipinski definition) is 3. The van der Waals surface area contributed by atoms with E-state index in [0.717, 1.165) is 45.4 Å². The second-order valence-electron chi connectivity index (χ2n) is 9.38. The number of piperidine rings is 1. The normalized spacial score (nSPS) is 18.2. The van der Waals surface area contributed by atoms with Gasteiger partial charge in [-0.15, -0.1) is 0 Å². The Kier molecular flexibility index (Phi) is 8.36. The van der Waals surface area contributed by atoms with Crippen LogP contribution >= 0.6 is 0 Å². The highest BCUT2D eigenvalue weighted by Crippen LogP contribution is 2.19. The van der Waals surface area contributed by atoms with E-state index in [1.54, 1.807) is 42.5 Å². The average molecular weight is 479 g/mol. The fourth-order valence-corrected chi connectivity index (χ4v) is 4.36. The molecule has 0 radical (unpaired) electrons. The Morgan fingerprint density at radius 3 is 2.46 bits per heavy atom. The van der Waals surface area contributed by atoms with Crippen LogP contribution in [0.25, 0.3) is 0 Å². The predicted molar refractivity (Wildman–Crippen MR) is 136 cm³/mol. The molecule has 2 aliphatic rings. The Morgan fingerprint density at radius 1 is 0.971 bits per heavy atom. The number of hydrogen-bond acceptors (Lipinski definition) is 5. The van der Waals surface area contributed by atoms with Gasteiger partial charge in [-0.3, -0.25) is 14.4 Å². The average Bonchev–Trinajstić information content (AvgIpc) is 3.40. The van der Waals surface area contributed by atoms with Crippen LogP contribution < -0.4 is 16.0 Å². The third-order valence-corrected chi connectivity index (χ3v) is 6.58. The summed E-state index contributed by atoms with van der Waals surface area (Å²) in [6.45, 7) is 5.11. The van der Waals surface area contributed by atoms with Crippen molar-refractivity contribution in [2.45, 2.75) is 38.7 Å². The summed E-state index contributed by atoms with van der Waals surface area (Å²) in [6.07, 6.45) is 4.16. The largest absolute Gasteiger partial charge is 0.376 e. The second kappa shape index (κ2) is 11.8. The molecule has 3 N–H and O–H groups in total. The maximum absolute atomic E-state index is 12.7. The number of benzene rings is 2. The van der Waals surface area contributed by atoms with Gasteiger partial charge in [-0.1, -0.05) is 13.0 Å². The van der Waals surface area contributed by atoms with Crippen molar-refractivity contribution < 1.29 is 19.1 Å². The van der Waals surface area contributed by atoms with Gasteiger partial charge in [0.25, 0.3) is 11.8 Å². The molecule has 1 atom stereocenters. The monoisotopic (exact) mass is 478 g/mol. The van der Waals surface area contributed by atoms with E-state index in [4.69, 9.17) is 4.74 Å². The highest BCUT2D eigenvalue weighted by molar-refractivity contribution is 5.97. The number of likely N-dealkylation sites (tertiary alicyclic amines) is 1. The van der Waals surface area contributed by atoms with E-state index in [1.165, 1.54) is 0 Å². The molecule has 0 aliphatic carbocycles. The lowest BCUT2D eigenvalue weighted by Gasteiger charge is -2.30. The van der Waals surface area contributed by atoms with Crippen molar-refractivity contribution in [1.29, 1.82) is 0 Å². The van der Waals surface area contributed by atoms with E-state index in [1.807, 2.05) is 11.0 Å². The smallest absolute Gasteiger partial charge is 0.253 e. The summed E-state index contributed by atoms with van der Waals surface area (Å²) in [5, 5.41) is 8.79. The molecule has 2 aromatic rings. The molecule has 1 unspecified atom stereocenters. The van der Waals surface area contributed by atoms with Crippen LogP contribution in [0, 0.1) is 5.92 Å². The van der Waals surface area contributed by atoms with E-state index in [9.17, 15) is 14.4 Å². The molecule has 2 saturated heterocycles. The highest BCUT2D eigenvalue weighted by atomic mass is 16.5. The predicted octanol–water partition coefficient (Wildman–Crippen LogP) is 3.52. The van der Waals surface area contributed by atoms with Gasteiger partial charge in [0, 0.05) is 48.7 Å². The van der Waals surface area contributed by atoms with Crippen molar-refractivity contribution in [3.05, 3.63) is 59.7 Å². The Bertz CT molecular complexity index is 1030. The van der Waals surface area contributed by atoms with Crippen molar-refractivity contribution >= 4 is 29.1 Å². The lowest BCUT2D eigenvalue weighted by atomic mass is 9.98. The first kappa shape index (κ1) is 24.7. The molecule has 2 heterocycles. The first-order valence-electron chi connectivity index (χ1n) is 12.4. The highest BCUT2D eigenvalue weighted by Gasteiger charge is 2.21. The van der Waals surface area contributed by atoms with Crippen LogP contribution in [0.3, 0.4) is 0 Å². The Labute approximate surface area is 206 Å². The molecule has 8 heteroatoms. The number of carbonyl (C=O) groups is 3. The third-order valence-electron chi connectivity index (χ3n) is 6.58. The van der Waals surface area contributed by atoms with Crippen molar-refractivity contribution in [2.24, 2.45) is 5.92 Å². The van der Waals surface area contributed by atoms with E-state index in [0.29, 0.717) is 35.0 Å². The molecule has 0 saturated carbocycles. The van der Waals surface area contributed by atoms with Crippen LogP contribution in [0.15, 0.2) is 48.5 Å². The maximum Gasteiger partial charge on any atom is 0.253 e. The minimum atomic E-state index is -0.220. The van der Waals surface area contributed by atoms with E-state index < -0.39 is 0 Å². The number of rotatable bonds is 8. The Hall–Kier alpha value is -3.39. The number of ether oxygens (including phenoxy) is 1. The van der Waals surface area contributed by atoms with Crippen LogP contribution in [0.2, 0.25) is 0 Å². The third kappa shape index (κ3) is 7.05. The molecular formula is C27H34N4O4. The minimum absolute atomic E-state index is 0.0381. The van der Waals surface area contributed by atoms with Crippen LogP contribution in [0.4, 0.5) is 11.4 Å². The van der Waals surface area contributed by atoms with Gasteiger partial charge < -0.3 is 25.6 Å². The second-order valence-corrected chi connectivity index (χ2v) is 9.38. The number of amides is 3. The fraction of sp³-hybridized carbons (Fsp3) is 0.444. The zero-order valence-corrected chi connectivity index (χ0v) is 20.2. The van der Waals surface area contributed by atoms with Crippen LogP contribution in [0.5, 0.6) is 0 Å². The maximum atomic E-state index is 12.7. The number of nitrogens with one attached hydrogen (secondary N) is 3. The summed E-state index contributed by atoms with van der Waals surface area (Å²) < 4.78 is 5.54. The van der Waals surface area contributed by atoms with Gasteiger partial charge in [0.1, 0.15) is 0 Å². The summed E-state index contributed by atoms with van der Waals surface area (Å²) >= 11 is 0. The summed E-state index contributed by atoms with van der Waals surface area (Å²) in [7, 11) is 0. The Balaban J connectivity index is 1.23. The minimum Gasteiger partial charge on any atom is -0.376 e. The van der Waals surface area contributed by atoms with Crippen molar-refractivity contribution in [3.63, 3.8) is 0 Å². The zero-order chi connectivity index (χ0) is 24.6. The Morgan fingerprint density at radius 2 is 1.74 bits per heavy atom. The molecule has 2 aromatic carbocycles. The molecule has 0 spiro atoms. The molecule has 2 fully saturated rings. The molecule has 0 aromatic heterocycles. The molecule has 3 amide bonds. The lowest BCUT2D eigenvalue weighted by molar-refractivity contribution is -0.114. The molecule has 35 heavy (non-hydrogen) atoms. The van der Waals surface area contributed by atoms with Gasteiger partial charge in [0.05, 0.1) is 12.6 Å². The molecule has 8 nitrogen and oxygen atoms in total. The van der Waals surface area contributed by atoms with Gasteiger partial charge in [-0.25, -0.2) is 0 Å². The summed E-state index contributed by atoms with van der Waals surface area (Å²) in [5.41, 5.74) is 2.46. The lowest BCUT2D eigenvalue weighted by Crippen LogP contribution is -2.37. The van der Waals surface area contributed by atoms with Crippen LogP contribution in [-0.2, 0) is 9.53 Å². The first-order chi connectivity index (χ1) is 17.0. The SMILES string of the molecule is CC1CCN(C(=O)c2ccc(NC(=O)CNc3cccc(C(=O)NCC4CCCO4)c3)cc2)CC1. The summed E-state index contributed by atoms with van der Waals surface area (Å²) in [6, 6.07) is 14.0. The quantitative estimate of drug-likeness (QED) is 0.539. The van der Waals surface area contributed by atoms with Gasteiger partial charge >= 0.3 is 0 Å². The summed E-state index contributed by atoms with van der Waals surface area (Å²) in [4.78, 5) is 39.4. The number of nitrogens with zero attached hydrogens (tertiary/aromatic N) is 1. The fourth-order valence-electron chi connectivity index (χ4n) is 4.36. The molecule has 2 aliphatic heterocycles. The zero-order valence-electron chi connectivity index (χ0n) is 20.2. The van der Waals surface area contributed by atoms with E-state index in [-0.39, 0.29) is 30.4 Å².